The van der Waals surface area contributed by atoms with Gasteiger partial charge in [-0.2, -0.15) is 0 Å². The van der Waals surface area contributed by atoms with Crippen molar-refractivity contribution in [1.29, 1.82) is 0 Å². The third-order valence-electron chi connectivity index (χ3n) is 4.32. The van der Waals surface area contributed by atoms with Crippen molar-refractivity contribution in [3.05, 3.63) is 23.8 Å². The molecule has 0 spiro atoms. The standard InChI is InChI=1S/C17H24N2O5S/c1-12-7-8-14(10-15(12)25(22,23)18-2)19-16(20)11-24-17(21)9-13-5-3-4-6-13/h7-8,10,13,18H,3-6,9,11H2,1-2H3,(H,19,20). The lowest BCUT2D eigenvalue weighted by molar-refractivity contribution is -0.148. The van der Waals surface area contributed by atoms with E-state index in [9.17, 15) is 18.0 Å². The Balaban J connectivity index is 1.90. The normalized spacial score (nSPS) is 15.1. The Morgan fingerprint density at radius 3 is 2.56 bits per heavy atom. The van der Waals surface area contributed by atoms with Crippen LogP contribution in [0.4, 0.5) is 5.69 Å². The monoisotopic (exact) mass is 368 g/mol. The largest absolute Gasteiger partial charge is 0.456 e. The Bertz CT molecular complexity index is 739. The number of hydrogen-bond acceptors (Lipinski definition) is 5. The lowest BCUT2D eigenvalue weighted by Crippen LogP contribution is -2.23. The predicted octanol–water partition coefficient (Wildman–Crippen LogP) is 1.97. The van der Waals surface area contributed by atoms with E-state index >= 15 is 0 Å². The Morgan fingerprint density at radius 1 is 1.24 bits per heavy atom. The molecule has 0 unspecified atom stereocenters. The molecule has 0 saturated heterocycles. The number of benzene rings is 1. The summed E-state index contributed by atoms with van der Waals surface area (Å²) >= 11 is 0. The summed E-state index contributed by atoms with van der Waals surface area (Å²) in [7, 11) is -2.29. The molecule has 25 heavy (non-hydrogen) atoms. The molecule has 1 fully saturated rings. The van der Waals surface area contributed by atoms with Crippen molar-refractivity contribution in [1.82, 2.24) is 4.72 Å². The molecule has 8 heteroatoms. The molecule has 1 aromatic rings. The minimum Gasteiger partial charge on any atom is -0.456 e. The van der Waals surface area contributed by atoms with Crippen LogP contribution in [0.3, 0.4) is 0 Å². The molecule has 0 radical (unpaired) electrons. The fourth-order valence-electron chi connectivity index (χ4n) is 2.93. The van der Waals surface area contributed by atoms with E-state index in [-0.39, 0.29) is 17.5 Å². The number of hydrogen-bond donors (Lipinski definition) is 2. The molecule has 2 rings (SSSR count). The highest BCUT2D eigenvalue weighted by Gasteiger charge is 2.20. The lowest BCUT2D eigenvalue weighted by atomic mass is 10.1. The Morgan fingerprint density at radius 2 is 1.92 bits per heavy atom. The van der Waals surface area contributed by atoms with E-state index in [4.69, 9.17) is 4.74 Å². The van der Waals surface area contributed by atoms with Gasteiger partial charge in [0.2, 0.25) is 10.0 Å². The van der Waals surface area contributed by atoms with Gasteiger partial charge in [0.15, 0.2) is 6.61 Å². The van der Waals surface area contributed by atoms with Crippen LogP contribution in [-0.2, 0) is 24.3 Å². The summed E-state index contributed by atoms with van der Waals surface area (Å²) in [6.45, 7) is 1.29. The van der Waals surface area contributed by atoms with Gasteiger partial charge in [-0.1, -0.05) is 18.9 Å². The fraction of sp³-hybridized carbons (Fsp3) is 0.529. The van der Waals surface area contributed by atoms with E-state index < -0.39 is 15.9 Å². The zero-order valence-corrected chi connectivity index (χ0v) is 15.3. The topological polar surface area (TPSA) is 102 Å². The van der Waals surface area contributed by atoms with Gasteiger partial charge in [-0.15, -0.1) is 0 Å². The number of ether oxygens (including phenoxy) is 1. The number of anilines is 1. The Hall–Kier alpha value is -1.93. The lowest BCUT2D eigenvalue weighted by Gasteiger charge is -2.11. The van der Waals surface area contributed by atoms with Crippen molar-refractivity contribution >= 4 is 27.6 Å². The third-order valence-corrected chi connectivity index (χ3v) is 5.88. The molecule has 1 aromatic carbocycles. The van der Waals surface area contributed by atoms with Gasteiger partial charge in [0.25, 0.3) is 5.91 Å². The van der Waals surface area contributed by atoms with Crippen molar-refractivity contribution in [2.45, 2.75) is 43.9 Å². The van der Waals surface area contributed by atoms with Crippen molar-refractivity contribution in [3.8, 4) is 0 Å². The highest BCUT2D eigenvalue weighted by molar-refractivity contribution is 7.89. The molecule has 0 bridgehead atoms. The number of nitrogens with one attached hydrogen (secondary N) is 2. The van der Waals surface area contributed by atoms with Crippen LogP contribution in [0, 0.1) is 12.8 Å². The quantitative estimate of drug-likeness (QED) is 0.717. The number of sulfonamides is 1. The summed E-state index contributed by atoms with van der Waals surface area (Å²) in [4.78, 5) is 23.7. The summed E-state index contributed by atoms with van der Waals surface area (Å²) in [6, 6.07) is 4.58. The first-order valence-electron chi connectivity index (χ1n) is 8.31. The van der Waals surface area contributed by atoms with Gasteiger partial charge >= 0.3 is 5.97 Å². The van der Waals surface area contributed by atoms with Gasteiger partial charge < -0.3 is 10.1 Å². The van der Waals surface area contributed by atoms with Crippen molar-refractivity contribution < 1.29 is 22.7 Å². The minimum absolute atomic E-state index is 0.0889. The van der Waals surface area contributed by atoms with Crippen molar-refractivity contribution in [3.63, 3.8) is 0 Å². The molecular weight excluding hydrogens is 344 g/mol. The van der Waals surface area contributed by atoms with Crippen LogP contribution >= 0.6 is 0 Å². The van der Waals surface area contributed by atoms with Gasteiger partial charge in [0.05, 0.1) is 4.90 Å². The van der Waals surface area contributed by atoms with Gasteiger partial charge in [-0.25, -0.2) is 13.1 Å². The summed E-state index contributed by atoms with van der Waals surface area (Å²) in [5.74, 6) is -0.511. The second-order valence-corrected chi connectivity index (χ2v) is 8.11. The zero-order chi connectivity index (χ0) is 18.4. The highest BCUT2D eigenvalue weighted by Crippen LogP contribution is 2.27. The molecule has 0 aromatic heterocycles. The fourth-order valence-corrected chi connectivity index (χ4v) is 3.92. The number of esters is 1. The smallest absolute Gasteiger partial charge is 0.306 e. The van der Waals surface area contributed by atoms with E-state index in [1.54, 1.807) is 19.1 Å². The first-order valence-corrected chi connectivity index (χ1v) is 9.80. The van der Waals surface area contributed by atoms with Crippen LogP contribution in [0.5, 0.6) is 0 Å². The number of carbonyl (C=O) groups excluding carboxylic acids is 2. The van der Waals surface area contributed by atoms with Gasteiger partial charge in [-0.05, 0) is 50.4 Å². The first kappa shape index (κ1) is 19.4. The van der Waals surface area contributed by atoms with Crippen LogP contribution in [0.2, 0.25) is 0 Å². The number of aryl methyl sites for hydroxylation is 1. The van der Waals surface area contributed by atoms with E-state index in [1.807, 2.05) is 0 Å². The molecular formula is C17H24N2O5S. The molecule has 2 N–H and O–H groups in total. The van der Waals surface area contributed by atoms with E-state index in [0.717, 1.165) is 25.7 Å². The average Bonchev–Trinajstić information content (AvgIpc) is 3.07. The second kappa shape index (κ2) is 8.44. The van der Waals surface area contributed by atoms with Gasteiger partial charge in [0, 0.05) is 12.1 Å². The van der Waals surface area contributed by atoms with E-state index in [0.29, 0.717) is 23.6 Å². The molecule has 1 amide bonds. The number of rotatable bonds is 7. The SMILES string of the molecule is CNS(=O)(=O)c1cc(NC(=O)COC(=O)CC2CCCC2)ccc1C. The molecule has 0 heterocycles. The van der Waals surface area contributed by atoms with Gasteiger partial charge in [0.1, 0.15) is 0 Å². The third kappa shape index (κ3) is 5.54. The zero-order valence-electron chi connectivity index (χ0n) is 14.5. The molecule has 1 aliphatic rings. The maximum absolute atomic E-state index is 11.9. The number of carbonyl (C=O) groups is 2. The van der Waals surface area contributed by atoms with Crippen LogP contribution < -0.4 is 10.0 Å². The molecule has 0 aliphatic heterocycles. The van der Waals surface area contributed by atoms with Crippen LogP contribution in [-0.4, -0.2) is 33.9 Å². The second-order valence-electron chi connectivity index (χ2n) is 6.25. The molecule has 7 nitrogen and oxygen atoms in total. The van der Waals surface area contributed by atoms with Crippen molar-refractivity contribution in [2.75, 3.05) is 19.0 Å². The molecule has 1 aliphatic carbocycles. The van der Waals surface area contributed by atoms with E-state index in [2.05, 4.69) is 10.0 Å². The van der Waals surface area contributed by atoms with Crippen LogP contribution in [0.25, 0.3) is 0 Å². The summed E-state index contributed by atoms with van der Waals surface area (Å²) in [6.07, 6.45) is 4.70. The molecule has 138 valence electrons. The highest BCUT2D eigenvalue weighted by atomic mass is 32.2. The maximum atomic E-state index is 11.9. The summed E-state index contributed by atoms with van der Waals surface area (Å²) in [5.41, 5.74) is 0.895. The van der Waals surface area contributed by atoms with E-state index in [1.165, 1.54) is 13.1 Å². The molecule has 1 saturated carbocycles. The minimum atomic E-state index is -3.61. The Kier molecular flexibility index (Phi) is 6.55. The van der Waals surface area contributed by atoms with Crippen LogP contribution in [0.15, 0.2) is 23.1 Å². The summed E-state index contributed by atoms with van der Waals surface area (Å²) < 4.78 is 31.1. The average molecular weight is 368 g/mol. The Labute approximate surface area is 148 Å². The van der Waals surface area contributed by atoms with Crippen molar-refractivity contribution in [2.24, 2.45) is 5.92 Å². The number of amides is 1. The summed E-state index contributed by atoms with van der Waals surface area (Å²) in [5, 5.41) is 2.55. The molecule has 0 atom stereocenters. The maximum Gasteiger partial charge on any atom is 0.306 e. The van der Waals surface area contributed by atoms with Gasteiger partial charge in [-0.3, -0.25) is 9.59 Å². The predicted molar refractivity (Wildman–Crippen MR) is 93.6 cm³/mol. The first-order chi connectivity index (χ1) is 11.8. The van der Waals surface area contributed by atoms with Crippen LogP contribution in [0.1, 0.15) is 37.7 Å².